The van der Waals surface area contributed by atoms with Crippen LogP contribution in [0.25, 0.3) is 44.5 Å². The first-order valence-corrected chi connectivity index (χ1v) is 14.9. The fourth-order valence-corrected chi connectivity index (χ4v) is 7.74. The number of rotatable bonds is 6. The molecule has 4 aliphatic carbocycles. The molecule has 0 N–H and O–H groups in total. The summed E-state index contributed by atoms with van der Waals surface area (Å²) in [6.07, 6.45) is 0. The first-order valence-electron chi connectivity index (χ1n) is 12.7. The van der Waals surface area contributed by atoms with Crippen molar-refractivity contribution >= 4 is 42.6 Å². The summed E-state index contributed by atoms with van der Waals surface area (Å²) in [5.74, 6) is 0. The molecule has 1 nitrogen and oxygen atoms in total. The highest BCUT2D eigenvalue weighted by Gasteiger charge is 2.29. The van der Waals surface area contributed by atoms with E-state index in [1.54, 1.807) is 0 Å². The molecule has 4 heteroatoms. The first kappa shape index (κ1) is 24.9. The highest BCUT2D eigenvalue weighted by molar-refractivity contribution is 6.82. The summed E-state index contributed by atoms with van der Waals surface area (Å²) in [5, 5.41) is 4.02. The molecule has 0 bridgehead atoms. The van der Waals surface area contributed by atoms with Gasteiger partial charge in [-0.05, 0) is 86.1 Å². The van der Waals surface area contributed by atoms with E-state index in [0.717, 1.165) is 21.2 Å². The van der Waals surface area contributed by atoms with Crippen molar-refractivity contribution < 1.29 is 4.43 Å². The van der Waals surface area contributed by atoms with E-state index in [9.17, 15) is 0 Å². The third-order valence-corrected chi connectivity index (χ3v) is 9.87. The van der Waals surface area contributed by atoms with Gasteiger partial charge in [0.15, 0.2) is 0 Å². The minimum atomic E-state index is -1.53. The molecular weight excluding hydrogens is 523 g/mol. The van der Waals surface area contributed by atoms with Crippen LogP contribution in [-0.4, -0.2) is 15.6 Å². The largest absolute Gasteiger partial charge is 0.408 e. The summed E-state index contributed by atoms with van der Waals surface area (Å²) < 4.78 is 6.60. The fourth-order valence-electron chi connectivity index (χ4n) is 5.20. The van der Waals surface area contributed by atoms with Gasteiger partial charge in [0.2, 0.25) is 0 Å². The van der Waals surface area contributed by atoms with E-state index in [1.807, 2.05) is 24.3 Å². The average molecular weight is 549 g/mol. The Kier molecular flexibility index (Phi) is 7.05. The molecule has 6 rings (SSSR count). The minimum absolute atomic E-state index is 0.652. The molecule has 0 unspecified atom stereocenters. The normalized spacial score (nSPS) is 11.5. The van der Waals surface area contributed by atoms with Crippen LogP contribution in [0.3, 0.4) is 0 Å². The molecular formula is C34H25Cl2OSi. The van der Waals surface area contributed by atoms with Crippen LogP contribution < -0.4 is 10.4 Å². The summed E-state index contributed by atoms with van der Waals surface area (Å²) in [7, 11) is -1.53. The Balaban J connectivity index is 1.46. The van der Waals surface area contributed by atoms with E-state index in [4.69, 9.17) is 27.6 Å². The van der Waals surface area contributed by atoms with Crippen LogP contribution in [0.4, 0.5) is 0 Å². The van der Waals surface area contributed by atoms with Gasteiger partial charge in [0.1, 0.15) is 0 Å². The Labute approximate surface area is 235 Å². The lowest BCUT2D eigenvalue weighted by Crippen LogP contribution is -2.45. The van der Waals surface area contributed by atoms with E-state index in [-0.39, 0.29) is 0 Å². The van der Waals surface area contributed by atoms with Gasteiger partial charge < -0.3 is 4.43 Å². The van der Waals surface area contributed by atoms with Crippen LogP contribution in [0.15, 0.2) is 121 Å². The van der Waals surface area contributed by atoms with Gasteiger partial charge in [-0.2, -0.15) is 0 Å². The molecule has 0 aromatic heterocycles. The Bertz CT molecular complexity index is 1520. The van der Waals surface area contributed by atoms with Crippen molar-refractivity contribution in [1.82, 2.24) is 0 Å². The van der Waals surface area contributed by atoms with Crippen molar-refractivity contribution in [2.75, 3.05) is 6.61 Å². The SMILES string of the molecule is CCO[Si](c1ccc2c(-c3ccc(Cl)cc3)ccccc1-2)c1ccc2c(-c3ccc(Cl)cc3)ccccc1-2. The predicted molar refractivity (Wildman–Crippen MR) is 164 cm³/mol. The second-order valence-corrected chi connectivity index (χ2v) is 12.1. The summed E-state index contributed by atoms with van der Waals surface area (Å²) >= 11 is 12.4. The predicted octanol–water partition coefficient (Wildman–Crippen LogP) is 8.68. The molecule has 0 saturated carbocycles. The second-order valence-electron chi connectivity index (χ2n) is 9.19. The smallest absolute Gasteiger partial charge is 0.284 e. The van der Waals surface area contributed by atoms with Gasteiger partial charge in [-0.1, -0.05) is 120 Å². The molecule has 0 atom stereocenters. The van der Waals surface area contributed by atoms with Crippen LogP contribution in [-0.2, 0) is 4.43 Å². The monoisotopic (exact) mass is 547 g/mol. The third-order valence-electron chi connectivity index (χ3n) is 6.94. The highest BCUT2D eigenvalue weighted by Crippen LogP contribution is 2.36. The quantitative estimate of drug-likeness (QED) is 0.189. The molecule has 0 aliphatic heterocycles. The maximum atomic E-state index is 6.60. The highest BCUT2D eigenvalue weighted by atomic mass is 35.5. The van der Waals surface area contributed by atoms with E-state index >= 15 is 0 Å². The van der Waals surface area contributed by atoms with Gasteiger partial charge >= 0.3 is 0 Å². The number of halogens is 2. The molecule has 38 heavy (non-hydrogen) atoms. The van der Waals surface area contributed by atoms with Gasteiger partial charge in [-0.25, -0.2) is 0 Å². The number of hydrogen-bond acceptors (Lipinski definition) is 1. The number of benzene rings is 2. The lowest BCUT2D eigenvalue weighted by atomic mass is 10.0. The molecule has 0 spiro atoms. The van der Waals surface area contributed by atoms with Gasteiger partial charge in [0, 0.05) is 16.7 Å². The van der Waals surface area contributed by atoms with E-state index in [2.05, 4.69) is 104 Å². The van der Waals surface area contributed by atoms with E-state index in [0.29, 0.717) is 6.61 Å². The Morgan fingerprint density at radius 3 is 1.26 bits per heavy atom. The van der Waals surface area contributed by atoms with Crippen LogP contribution in [0.2, 0.25) is 10.0 Å². The molecule has 4 aliphatic rings. The van der Waals surface area contributed by atoms with Crippen molar-refractivity contribution in [2.24, 2.45) is 0 Å². The van der Waals surface area contributed by atoms with Crippen LogP contribution in [0.1, 0.15) is 6.92 Å². The average Bonchev–Trinajstić information content (AvgIpc) is 3.39. The lowest BCUT2D eigenvalue weighted by Gasteiger charge is -2.17. The van der Waals surface area contributed by atoms with Crippen molar-refractivity contribution in [1.29, 1.82) is 0 Å². The molecule has 0 amide bonds. The fraction of sp³-hybridized carbons (Fsp3) is 0.0588. The lowest BCUT2D eigenvalue weighted by molar-refractivity contribution is 0.358. The van der Waals surface area contributed by atoms with E-state index in [1.165, 1.54) is 43.8 Å². The van der Waals surface area contributed by atoms with Gasteiger partial charge in [-0.15, -0.1) is 0 Å². The molecule has 2 aromatic carbocycles. The standard InChI is InChI=1S/C34H25Cl2OSi/c1-2-37-38(33-21-19-29-27(7-3-5-9-31(29)33)23-11-15-25(35)16-12-23)34-22-20-30-28(8-4-6-10-32(30)34)24-13-17-26(36)18-14-24/h3-22H,2H2,1H3. The van der Waals surface area contributed by atoms with Crippen LogP contribution >= 0.6 is 23.2 Å². The van der Waals surface area contributed by atoms with Crippen molar-refractivity contribution in [3.63, 3.8) is 0 Å². The summed E-state index contributed by atoms with van der Waals surface area (Å²) in [4.78, 5) is 0. The van der Waals surface area contributed by atoms with E-state index < -0.39 is 9.04 Å². The van der Waals surface area contributed by atoms with Crippen molar-refractivity contribution in [3.8, 4) is 44.5 Å². The number of fused-ring (bicyclic) bond motifs is 2. The summed E-state index contributed by atoms with van der Waals surface area (Å²) in [6.45, 7) is 2.73. The molecule has 0 saturated heterocycles. The minimum Gasteiger partial charge on any atom is -0.408 e. The zero-order valence-electron chi connectivity index (χ0n) is 20.9. The molecule has 1 radical (unpaired) electrons. The zero-order chi connectivity index (χ0) is 26.1. The van der Waals surface area contributed by atoms with Gasteiger partial charge in [0.25, 0.3) is 9.04 Å². The van der Waals surface area contributed by atoms with Gasteiger partial charge in [-0.3, -0.25) is 0 Å². The Morgan fingerprint density at radius 1 is 0.474 bits per heavy atom. The van der Waals surface area contributed by atoms with Crippen molar-refractivity contribution in [3.05, 3.63) is 131 Å². The summed E-state index contributed by atoms with van der Waals surface area (Å²) in [5.41, 5.74) is 9.58. The molecule has 0 heterocycles. The third kappa shape index (κ3) is 4.66. The number of hydrogen-bond donors (Lipinski definition) is 0. The Hall–Kier alpha value is -3.40. The maximum absolute atomic E-state index is 6.60. The van der Waals surface area contributed by atoms with Crippen LogP contribution in [0, 0.1) is 0 Å². The second kappa shape index (κ2) is 10.8. The molecule has 2 aromatic rings. The molecule has 185 valence electrons. The Morgan fingerprint density at radius 2 is 0.868 bits per heavy atom. The summed E-state index contributed by atoms with van der Waals surface area (Å²) in [6, 6.07) is 42.4. The molecule has 0 fully saturated rings. The van der Waals surface area contributed by atoms with Crippen molar-refractivity contribution in [2.45, 2.75) is 6.92 Å². The first-order chi connectivity index (χ1) is 18.6. The topological polar surface area (TPSA) is 9.23 Å². The maximum Gasteiger partial charge on any atom is 0.284 e. The zero-order valence-corrected chi connectivity index (χ0v) is 23.4. The van der Waals surface area contributed by atoms with Gasteiger partial charge in [0.05, 0.1) is 0 Å². The van der Waals surface area contributed by atoms with Crippen LogP contribution in [0.5, 0.6) is 0 Å².